The van der Waals surface area contributed by atoms with E-state index < -0.39 is 5.60 Å². The molecule has 3 fully saturated rings. The normalized spacial score (nSPS) is 25.4. The van der Waals surface area contributed by atoms with Gasteiger partial charge in [-0.15, -0.1) is 0 Å². The number of methoxy groups -OCH3 is 1. The van der Waals surface area contributed by atoms with E-state index in [9.17, 15) is 14.4 Å². The Morgan fingerprint density at radius 3 is 2.24 bits per heavy atom. The van der Waals surface area contributed by atoms with E-state index in [1.807, 2.05) is 25.7 Å². The van der Waals surface area contributed by atoms with Crippen molar-refractivity contribution < 1.29 is 28.6 Å². The summed E-state index contributed by atoms with van der Waals surface area (Å²) in [5.74, 6) is 0.471. The van der Waals surface area contributed by atoms with Gasteiger partial charge in [0.15, 0.2) is 0 Å². The van der Waals surface area contributed by atoms with Crippen LogP contribution in [-0.2, 0) is 23.8 Å². The molecule has 0 N–H and O–H groups in total. The molecule has 0 atom stereocenters. The molecule has 194 valence electrons. The Balaban J connectivity index is 1.32. The summed E-state index contributed by atoms with van der Waals surface area (Å²) in [5, 5.41) is 0. The number of likely N-dealkylation sites (tertiary alicyclic amines) is 1. The minimum Gasteiger partial charge on any atom is -0.467 e. The van der Waals surface area contributed by atoms with Gasteiger partial charge in [-0.05, 0) is 78.2 Å². The number of amides is 2. The predicted octanol–water partition coefficient (Wildman–Crippen LogP) is 2.67. The average Bonchev–Trinajstić information content (AvgIpc) is 2.81. The van der Waals surface area contributed by atoms with Crippen LogP contribution in [0.25, 0.3) is 0 Å². The summed E-state index contributed by atoms with van der Waals surface area (Å²) in [6, 6.07) is 0.282. The number of piperidine rings is 1. The lowest BCUT2D eigenvalue weighted by Crippen LogP contribution is -2.55. The zero-order valence-corrected chi connectivity index (χ0v) is 21.4. The third kappa shape index (κ3) is 8.12. The molecular weight excluding hydrogens is 438 g/mol. The van der Waals surface area contributed by atoms with E-state index >= 15 is 0 Å². The molecule has 0 aromatic rings. The quantitative estimate of drug-likeness (QED) is 0.517. The van der Waals surface area contributed by atoms with E-state index in [1.54, 1.807) is 0 Å². The molecule has 9 heteroatoms. The van der Waals surface area contributed by atoms with Crippen LogP contribution in [-0.4, -0.2) is 103 Å². The number of nitrogens with zero attached hydrogens (tertiary/aromatic N) is 3. The van der Waals surface area contributed by atoms with Gasteiger partial charge < -0.3 is 24.0 Å². The second-order valence-corrected chi connectivity index (χ2v) is 10.9. The zero-order chi connectivity index (χ0) is 24.7. The van der Waals surface area contributed by atoms with Crippen LogP contribution in [0.5, 0.6) is 0 Å². The van der Waals surface area contributed by atoms with Crippen LogP contribution in [0.2, 0.25) is 0 Å². The summed E-state index contributed by atoms with van der Waals surface area (Å²) in [6.07, 6.45) is 6.52. The van der Waals surface area contributed by atoms with Crippen molar-refractivity contribution in [2.24, 2.45) is 5.92 Å². The number of piperazine rings is 1. The van der Waals surface area contributed by atoms with Gasteiger partial charge in [0.25, 0.3) is 0 Å². The van der Waals surface area contributed by atoms with Gasteiger partial charge in [-0.3, -0.25) is 9.69 Å². The molecule has 0 unspecified atom stereocenters. The molecule has 0 aromatic heterocycles. The standard InChI is InChI=1S/C25H43N3O6/c1-25(2,3)34-24(31)27-13-10-19(11-14-27)9-12-26-15-16-28(22(29)17-26)20-5-7-21(8-6-20)33-18-23(30)32-4/h19-21H,5-18H2,1-4H3. The largest absolute Gasteiger partial charge is 0.467 e. The van der Waals surface area contributed by atoms with Crippen molar-refractivity contribution in [3.05, 3.63) is 0 Å². The Kier molecular flexibility index (Phi) is 9.59. The summed E-state index contributed by atoms with van der Waals surface area (Å²) in [7, 11) is 1.36. The summed E-state index contributed by atoms with van der Waals surface area (Å²) in [4.78, 5) is 42.5. The highest BCUT2D eigenvalue weighted by Crippen LogP contribution is 2.27. The lowest BCUT2D eigenvalue weighted by atomic mass is 9.91. The van der Waals surface area contributed by atoms with Gasteiger partial charge in [0.05, 0.1) is 19.8 Å². The topological polar surface area (TPSA) is 88.6 Å². The Morgan fingerprint density at radius 2 is 1.65 bits per heavy atom. The van der Waals surface area contributed by atoms with Gasteiger partial charge in [0.2, 0.25) is 5.91 Å². The van der Waals surface area contributed by atoms with Gasteiger partial charge in [-0.2, -0.15) is 0 Å². The van der Waals surface area contributed by atoms with Gasteiger partial charge >= 0.3 is 12.1 Å². The second-order valence-electron chi connectivity index (χ2n) is 10.9. The van der Waals surface area contributed by atoms with Crippen LogP contribution in [0.15, 0.2) is 0 Å². The van der Waals surface area contributed by atoms with E-state index in [-0.39, 0.29) is 36.7 Å². The SMILES string of the molecule is COC(=O)COC1CCC(N2CCN(CCC3CCN(C(=O)OC(C)(C)C)CC3)CC2=O)CC1. The second kappa shape index (κ2) is 12.2. The Hall–Kier alpha value is -1.87. The van der Waals surface area contributed by atoms with Gasteiger partial charge in [0.1, 0.15) is 12.2 Å². The molecule has 3 aliphatic rings. The molecule has 0 spiro atoms. The fourth-order valence-corrected chi connectivity index (χ4v) is 5.18. The molecule has 3 rings (SSSR count). The summed E-state index contributed by atoms with van der Waals surface area (Å²) in [6.45, 7) is 10.3. The number of rotatable bonds is 7. The van der Waals surface area contributed by atoms with Crippen LogP contribution in [0, 0.1) is 5.92 Å². The minimum absolute atomic E-state index is 0.00344. The number of carbonyl (C=O) groups excluding carboxylic acids is 3. The van der Waals surface area contributed by atoms with Gasteiger partial charge in [-0.25, -0.2) is 9.59 Å². The van der Waals surface area contributed by atoms with Crippen LogP contribution in [0.4, 0.5) is 4.79 Å². The third-order valence-electron chi connectivity index (χ3n) is 7.21. The highest BCUT2D eigenvalue weighted by atomic mass is 16.6. The minimum atomic E-state index is -0.458. The van der Waals surface area contributed by atoms with Crippen molar-refractivity contribution >= 4 is 18.0 Å². The van der Waals surface area contributed by atoms with E-state index in [0.29, 0.717) is 12.5 Å². The molecule has 2 aliphatic heterocycles. The van der Waals surface area contributed by atoms with Crippen LogP contribution >= 0.6 is 0 Å². The first-order chi connectivity index (χ1) is 16.1. The smallest absolute Gasteiger partial charge is 0.410 e. The average molecular weight is 482 g/mol. The molecule has 2 heterocycles. The molecule has 34 heavy (non-hydrogen) atoms. The number of hydrogen-bond acceptors (Lipinski definition) is 7. The molecule has 1 aliphatic carbocycles. The fraction of sp³-hybridized carbons (Fsp3) is 0.880. The van der Waals surface area contributed by atoms with Crippen molar-refractivity contribution in [2.45, 2.75) is 83.5 Å². The number of carbonyl (C=O) groups is 3. The third-order valence-corrected chi connectivity index (χ3v) is 7.21. The first-order valence-corrected chi connectivity index (χ1v) is 12.8. The first kappa shape index (κ1) is 26.7. The Bertz CT molecular complexity index is 693. The molecular formula is C25H43N3O6. The maximum Gasteiger partial charge on any atom is 0.410 e. The predicted molar refractivity (Wildman–Crippen MR) is 127 cm³/mol. The van der Waals surface area contributed by atoms with Gasteiger partial charge in [0, 0.05) is 32.2 Å². The lowest BCUT2D eigenvalue weighted by molar-refractivity contribution is -0.149. The van der Waals surface area contributed by atoms with Gasteiger partial charge in [-0.1, -0.05) is 0 Å². The number of esters is 1. The van der Waals surface area contributed by atoms with Crippen molar-refractivity contribution in [2.75, 3.05) is 53.0 Å². The highest BCUT2D eigenvalue weighted by molar-refractivity contribution is 5.79. The van der Waals surface area contributed by atoms with Crippen LogP contribution < -0.4 is 0 Å². The van der Waals surface area contributed by atoms with Crippen molar-refractivity contribution in [3.63, 3.8) is 0 Å². The van der Waals surface area contributed by atoms with Crippen LogP contribution in [0.3, 0.4) is 0 Å². The lowest BCUT2D eigenvalue weighted by Gasteiger charge is -2.42. The van der Waals surface area contributed by atoms with Crippen LogP contribution in [0.1, 0.15) is 65.7 Å². The fourth-order valence-electron chi connectivity index (χ4n) is 5.18. The monoisotopic (exact) mass is 481 g/mol. The summed E-state index contributed by atoms with van der Waals surface area (Å²) < 4.78 is 15.7. The molecule has 2 saturated heterocycles. The van der Waals surface area contributed by atoms with E-state index in [2.05, 4.69) is 14.5 Å². The first-order valence-electron chi connectivity index (χ1n) is 12.8. The molecule has 0 bridgehead atoms. The maximum absolute atomic E-state index is 12.9. The zero-order valence-electron chi connectivity index (χ0n) is 21.4. The molecule has 2 amide bonds. The van der Waals surface area contributed by atoms with E-state index in [0.717, 1.165) is 77.7 Å². The summed E-state index contributed by atoms with van der Waals surface area (Å²) in [5.41, 5.74) is -0.458. The van der Waals surface area contributed by atoms with E-state index in [1.165, 1.54) is 7.11 Å². The van der Waals surface area contributed by atoms with Crippen molar-refractivity contribution in [3.8, 4) is 0 Å². The van der Waals surface area contributed by atoms with Crippen molar-refractivity contribution in [1.82, 2.24) is 14.7 Å². The van der Waals surface area contributed by atoms with Crippen molar-refractivity contribution in [1.29, 1.82) is 0 Å². The molecule has 1 saturated carbocycles. The maximum atomic E-state index is 12.9. The van der Waals surface area contributed by atoms with E-state index in [4.69, 9.17) is 9.47 Å². The molecule has 9 nitrogen and oxygen atoms in total. The summed E-state index contributed by atoms with van der Waals surface area (Å²) >= 11 is 0. The molecule has 0 radical (unpaired) electrons. The number of hydrogen-bond donors (Lipinski definition) is 0. The Morgan fingerprint density at radius 1 is 0.971 bits per heavy atom. The number of ether oxygens (including phenoxy) is 3. The Labute approximate surface area is 204 Å². The highest BCUT2D eigenvalue weighted by Gasteiger charge is 2.33. The molecule has 0 aromatic carbocycles.